The van der Waals surface area contributed by atoms with Crippen LogP contribution in [0.3, 0.4) is 0 Å². The molecule has 0 radical (unpaired) electrons. The van der Waals surface area contributed by atoms with Crippen molar-refractivity contribution in [2.45, 2.75) is 26.4 Å². The van der Waals surface area contributed by atoms with Crippen LogP contribution < -0.4 is 0 Å². The molecule has 0 amide bonds. The molecule has 0 saturated carbocycles. The highest BCUT2D eigenvalue weighted by molar-refractivity contribution is 6.28. The third-order valence-corrected chi connectivity index (χ3v) is 3.41. The van der Waals surface area contributed by atoms with Gasteiger partial charge in [-0.05, 0) is 62.7 Å². The Morgan fingerprint density at radius 1 is 1.25 bits per heavy atom. The van der Waals surface area contributed by atoms with Crippen LogP contribution in [0.1, 0.15) is 20.8 Å². The lowest BCUT2D eigenvalue weighted by Gasteiger charge is -2.20. The lowest BCUT2D eigenvalue weighted by molar-refractivity contribution is 0.0547. The van der Waals surface area contributed by atoms with Crippen LogP contribution in [0.25, 0.3) is 22.3 Å². The fourth-order valence-corrected chi connectivity index (χ4v) is 2.50. The summed E-state index contributed by atoms with van der Waals surface area (Å²) in [6.07, 6.45) is 0.913. The summed E-state index contributed by atoms with van der Waals surface area (Å²) in [5.74, 6) is -0.392. The van der Waals surface area contributed by atoms with Gasteiger partial charge in [0.2, 0.25) is 5.28 Å². The molecule has 0 aliphatic rings. The SMILES string of the molecule is CC(C)(C)OC(=O)n1c(-c2ccnc(Cl)n2)cc2cc(F)ccc21. The highest BCUT2D eigenvalue weighted by atomic mass is 35.5. The summed E-state index contributed by atoms with van der Waals surface area (Å²) in [4.78, 5) is 20.6. The average Bonchev–Trinajstić information content (AvgIpc) is 2.84. The van der Waals surface area contributed by atoms with Crippen LogP contribution in [0.5, 0.6) is 0 Å². The first-order valence-electron chi connectivity index (χ1n) is 7.28. The van der Waals surface area contributed by atoms with Gasteiger partial charge in [0.1, 0.15) is 11.4 Å². The van der Waals surface area contributed by atoms with Gasteiger partial charge in [0, 0.05) is 11.6 Å². The van der Waals surface area contributed by atoms with Crippen LogP contribution in [-0.2, 0) is 4.74 Å². The van der Waals surface area contributed by atoms with E-state index in [0.29, 0.717) is 22.3 Å². The van der Waals surface area contributed by atoms with Gasteiger partial charge in [0.05, 0.1) is 16.9 Å². The van der Waals surface area contributed by atoms with E-state index in [0.717, 1.165) is 0 Å². The summed E-state index contributed by atoms with van der Waals surface area (Å²) in [7, 11) is 0. The van der Waals surface area contributed by atoms with Crippen molar-refractivity contribution >= 4 is 28.6 Å². The van der Waals surface area contributed by atoms with Gasteiger partial charge in [0.25, 0.3) is 0 Å². The second-order valence-electron chi connectivity index (χ2n) is 6.26. The summed E-state index contributed by atoms with van der Waals surface area (Å²) in [6.45, 7) is 5.33. The number of carbonyl (C=O) groups is 1. The quantitative estimate of drug-likeness (QED) is 0.600. The normalized spacial score (nSPS) is 11.7. The minimum Gasteiger partial charge on any atom is -0.443 e. The summed E-state index contributed by atoms with van der Waals surface area (Å²) in [6, 6.07) is 7.46. The molecular weight excluding hydrogens is 333 g/mol. The molecule has 24 heavy (non-hydrogen) atoms. The predicted molar refractivity (Wildman–Crippen MR) is 89.6 cm³/mol. The molecule has 2 aromatic heterocycles. The molecule has 2 heterocycles. The number of nitrogens with zero attached hydrogens (tertiary/aromatic N) is 3. The highest BCUT2D eigenvalue weighted by Crippen LogP contribution is 2.29. The number of aromatic nitrogens is 3. The van der Waals surface area contributed by atoms with E-state index >= 15 is 0 Å². The molecule has 0 saturated heterocycles. The van der Waals surface area contributed by atoms with Gasteiger partial charge in [-0.2, -0.15) is 0 Å². The maximum atomic E-state index is 13.5. The molecule has 1 aromatic carbocycles. The van der Waals surface area contributed by atoms with Gasteiger partial charge in [0.15, 0.2) is 0 Å². The van der Waals surface area contributed by atoms with E-state index in [2.05, 4.69) is 9.97 Å². The smallest absolute Gasteiger partial charge is 0.419 e. The number of ether oxygens (including phenoxy) is 1. The number of fused-ring (bicyclic) bond motifs is 1. The Bertz CT molecular complexity index is 931. The molecule has 3 rings (SSSR count). The van der Waals surface area contributed by atoms with E-state index in [1.807, 2.05) is 0 Å². The second-order valence-corrected chi connectivity index (χ2v) is 6.60. The molecule has 0 aliphatic heterocycles. The van der Waals surface area contributed by atoms with Gasteiger partial charge in [-0.1, -0.05) is 0 Å². The number of hydrogen-bond acceptors (Lipinski definition) is 4. The Morgan fingerprint density at radius 3 is 2.67 bits per heavy atom. The summed E-state index contributed by atoms with van der Waals surface area (Å²) < 4.78 is 20.4. The second kappa shape index (κ2) is 5.87. The lowest BCUT2D eigenvalue weighted by atomic mass is 10.2. The maximum Gasteiger partial charge on any atom is 0.419 e. The number of rotatable bonds is 1. The zero-order chi connectivity index (χ0) is 17.5. The van der Waals surface area contributed by atoms with Crippen LogP contribution in [0.4, 0.5) is 9.18 Å². The molecular formula is C17H15ClFN3O2. The molecule has 0 bridgehead atoms. The zero-order valence-corrected chi connectivity index (χ0v) is 14.1. The van der Waals surface area contributed by atoms with E-state index in [9.17, 15) is 9.18 Å². The Hall–Kier alpha value is -2.47. The van der Waals surface area contributed by atoms with Gasteiger partial charge >= 0.3 is 6.09 Å². The fraction of sp³-hybridized carbons (Fsp3) is 0.235. The summed E-state index contributed by atoms with van der Waals surface area (Å²) in [5, 5.41) is 0.616. The van der Waals surface area contributed by atoms with Crippen molar-refractivity contribution < 1.29 is 13.9 Å². The third-order valence-electron chi connectivity index (χ3n) is 3.23. The molecule has 0 aliphatic carbocycles. The topological polar surface area (TPSA) is 57.0 Å². The summed E-state index contributed by atoms with van der Waals surface area (Å²) >= 11 is 5.85. The molecule has 0 unspecified atom stereocenters. The standard InChI is InChI=1S/C17H15ClFN3O2/c1-17(2,3)24-16(23)22-13-5-4-11(19)8-10(13)9-14(22)12-6-7-20-15(18)21-12/h4-9H,1-3H3. The zero-order valence-electron chi connectivity index (χ0n) is 13.4. The minimum atomic E-state index is -0.672. The lowest BCUT2D eigenvalue weighted by Crippen LogP contribution is -2.27. The Kier molecular flexibility index (Phi) is 4.01. The van der Waals surface area contributed by atoms with Gasteiger partial charge in [-0.15, -0.1) is 0 Å². The number of hydrogen-bond donors (Lipinski definition) is 0. The Labute approximate surface area is 143 Å². The van der Waals surface area contributed by atoms with Crippen molar-refractivity contribution in [3.63, 3.8) is 0 Å². The third kappa shape index (κ3) is 3.23. The van der Waals surface area contributed by atoms with Crippen molar-refractivity contribution in [1.82, 2.24) is 14.5 Å². The number of halogens is 2. The van der Waals surface area contributed by atoms with Crippen molar-refractivity contribution in [1.29, 1.82) is 0 Å². The molecule has 7 heteroatoms. The maximum absolute atomic E-state index is 13.5. The van der Waals surface area contributed by atoms with E-state index in [4.69, 9.17) is 16.3 Å². The van der Waals surface area contributed by atoms with Crippen LogP contribution >= 0.6 is 11.6 Å². The molecule has 0 fully saturated rings. The van der Waals surface area contributed by atoms with Crippen LogP contribution in [0.2, 0.25) is 5.28 Å². The first-order chi connectivity index (χ1) is 11.2. The van der Waals surface area contributed by atoms with Crippen molar-refractivity contribution in [3.8, 4) is 11.4 Å². The molecule has 5 nitrogen and oxygen atoms in total. The van der Waals surface area contributed by atoms with Gasteiger partial charge < -0.3 is 4.74 Å². The average molecular weight is 348 g/mol. The number of carbonyl (C=O) groups excluding carboxylic acids is 1. The molecule has 0 N–H and O–H groups in total. The number of benzene rings is 1. The monoisotopic (exact) mass is 347 g/mol. The van der Waals surface area contributed by atoms with Crippen LogP contribution in [0.15, 0.2) is 36.5 Å². The molecule has 0 spiro atoms. The fourth-order valence-electron chi connectivity index (χ4n) is 2.36. The minimum absolute atomic E-state index is 0.0553. The molecule has 3 aromatic rings. The Balaban J connectivity index is 2.24. The van der Waals surface area contributed by atoms with E-state index in [1.54, 1.807) is 32.9 Å². The van der Waals surface area contributed by atoms with E-state index < -0.39 is 17.5 Å². The van der Waals surface area contributed by atoms with Crippen molar-refractivity contribution in [3.05, 3.63) is 47.6 Å². The van der Waals surface area contributed by atoms with E-state index in [1.165, 1.54) is 29.0 Å². The largest absolute Gasteiger partial charge is 0.443 e. The van der Waals surface area contributed by atoms with Crippen LogP contribution in [-0.4, -0.2) is 26.2 Å². The van der Waals surface area contributed by atoms with E-state index in [-0.39, 0.29) is 5.28 Å². The Morgan fingerprint density at radius 2 is 2.00 bits per heavy atom. The van der Waals surface area contributed by atoms with Gasteiger partial charge in [-0.25, -0.2) is 23.7 Å². The molecule has 0 atom stereocenters. The van der Waals surface area contributed by atoms with Crippen LogP contribution in [0, 0.1) is 5.82 Å². The summed E-state index contributed by atoms with van der Waals surface area (Å²) in [5.41, 5.74) is 0.746. The first kappa shape index (κ1) is 16.4. The highest BCUT2D eigenvalue weighted by Gasteiger charge is 2.23. The first-order valence-corrected chi connectivity index (χ1v) is 7.66. The van der Waals surface area contributed by atoms with Crippen molar-refractivity contribution in [2.75, 3.05) is 0 Å². The van der Waals surface area contributed by atoms with Gasteiger partial charge in [-0.3, -0.25) is 0 Å². The van der Waals surface area contributed by atoms with Crippen molar-refractivity contribution in [2.24, 2.45) is 0 Å². The molecule has 124 valence electrons. The predicted octanol–water partition coefficient (Wildman–Crippen LogP) is 4.67.